The Morgan fingerprint density at radius 3 is 2.94 bits per heavy atom. The highest BCUT2D eigenvalue weighted by Crippen LogP contribution is 2.27. The van der Waals surface area contributed by atoms with Crippen molar-refractivity contribution in [2.75, 3.05) is 7.11 Å². The molecular formula is C11H10O5. The van der Waals surface area contributed by atoms with E-state index < -0.39 is 17.7 Å². The lowest BCUT2D eigenvalue weighted by atomic mass is 9.84. The van der Waals surface area contributed by atoms with E-state index in [2.05, 4.69) is 4.74 Å². The number of ketones is 2. The van der Waals surface area contributed by atoms with Crippen molar-refractivity contribution in [2.45, 2.75) is 12.8 Å². The predicted molar refractivity (Wildman–Crippen MR) is 51.9 cm³/mol. The fourth-order valence-corrected chi connectivity index (χ4v) is 1.84. The summed E-state index contributed by atoms with van der Waals surface area (Å²) in [5.74, 6) is -2.44. The number of fused-ring (bicyclic) bond motifs is 1. The Kier molecular flexibility index (Phi) is 2.60. The van der Waals surface area contributed by atoms with Gasteiger partial charge in [0, 0.05) is 6.42 Å². The number of rotatable bonds is 2. The van der Waals surface area contributed by atoms with Crippen LogP contribution in [0.4, 0.5) is 0 Å². The minimum Gasteiger partial charge on any atom is -0.469 e. The van der Waals surface area contributed by atoms with Gasteiger partial charge < -0.3 is 9.15 Å². The molecule has 5 heteroatoms. The summed E-state index contributed by atoms with van der Waals surface area (Å²) in [6.07, 6.45) is 2.20. The number of esters is 1. The third kappa shape index (κ3) is 1.54. The second-order valence-corrected chi connectivity index (χ2v) is 3.57. The van der Waals surface area contributed by atoms with Crippen LogP contribution in [0.3, 0.4) is 0 Å². The van der Waals surface area contributed by atoms with E-state index in [1.54, 1.807) is 0 Å². The van der Waals surface area contributed by atoms with Gasteiger partial charge in [-0.15, -0.1) is 0 Å². The molecule has 0 N–H and O–H groups in total. The molecule has 84 valence electrons. The minimum atomic E-state index is -0.967. The summed E-state index contributed by atoms with van der Waals surface area (Å²) < 4.78 is 9.41. The Morgan fingerprint density at radius 2 is 2.25 bits per heavy atom. The van der Waals surface area contributed by atoms with Crippen molar-refractivity contribution in [1.82, 2.24) is 0 Å². The third-order valence-electron chi connectivity index (χ3n) is 2.69. The first-order valence-electron chi connectivity index (χ1n) is 4.88. The number of hydrogen-bond donors (Lipinski definition) is 0. The van der Waals surface area contributed by atoms with E-state index in [-0.39, 0.29) is 5.78 Å². The molecule has 1 unspecified atom stereocenters. The molecule has 1 atom stereocenters. The van der Waals surface area contributed by atoms with Crippen LogP contribution in [-0.2, 0) is 20.7 Å². The van der Waals surface area contributed by atoms with Gasteiger partial charge in [0.15, 0.2) is 5.78 Å². The summed E-state index contributed by atoms with van der Waals surface area (Å²) >= 11 is 0. The lowest BCUT2D eigenvalue weighted by molar-refractivity contribution is -0.153. The van der Waals surface area contributed by atoms with E-state index in [0.29, 0.717) is 24.2 Å². The molecule has 0 amide bonds. The van der Waals surface area contributed by atoms with E-state index in [0.717, 1.165) is 7.11 Å². The molecule has 1 aliphatic rings. The van der Waals surface area contributed by atoms with Crippen molar-refractivity contribution in [3.05, 3.63) is 23.7 Å². The molecule has 0 bridgehead atoms. The number of carbonyl (C=O) groups excluding carboxylic acids is 3. The highest BCUT2D eigenvalue weighted by Gasteiger charge is 2.37. The van der Waals surface area contributed by atoms with Gasteiger partial charge >= 0.3 is 5.97 Å². The zero-order chi connectivity index (χ0) is 11.7. The van der Waals surface area contributed by atoms with Gasteiger partial charge in [0.25, 0.3) is 5.78 Å². The molecule has 0 aliphatic heterocycles. The standard InChI is InChI=1S/C11H10O5/c1-15-11(14)10(13)7-2-3-8-6(9(7)12)4-5-16-8/h4-5,7H,2-3H2,1H3. The molecule has 1 heterocycles. The molecular weight excluding hydrogens is 212 g/mol. The Bertz CT molecular complexity index is 457. The first-order chi connectivity index (χ1) is 7.65. The van der Waals surface area contributed by atoms with Crippen LogP contribution in [0, 0.1) is 5.92 Å². The van der Waals surface area contributed by atoms with Gasteiger partial charge in [-0.2, -0.15) is 0 Å². The quantitative estimate of drug-likeness (QED) is 0.419. The van der Waals surface area contributed by atoms with Crippen molar-refractivity contribution in [2.24, 2.45) is 5.92 Å². The maximum Gasteiger partial charge on any atom is 0.375 e. The molecule has 0 aromatic carbocycles. The second-order valence-electron chi connectivity index (χ2n) is 3.57. The molecule has 2 rings (SSSR count). The van der Waals surface area contributed by atoms with Crippen molar-refractivity contribution in [1.29, 1.82) is 0 Å². The first-order valence-corrected chi connectivity index (χ1v) is 4.88. The summed E-state index contributed by atoms with van der Waals surface area (Å²) in [6.45, 7) is 0. The zero-order valence-electron chi connectivity index (χ0n) is 8.69. The highest BCUT2D eigenvalue weighted by atomic mass is 16.5. The third-order valence-corrected chi connectivity index (χ3v) is 2.69. The number of aryl methyl sites for hydroxylation is 1. The SMILES string of the molecule is COC(=O)C(=O)C1CCc2occc2C1=O. The Hall–Kier alpha value is -1.91. The average molecular weight is 222 g/mol. The average Bonchev–Trinajstić information content (AvgIpc) is 2.76. The van der Waals surface area contributed by atoms with E-state index in [9.17, 15) is 14.4 Å². The van der Waals surface area contributed by atoms with E-state index >= 15 is 0 Å². The summed E-state index contributed by atoms with van der Waals surface area (Å²) in [4.78, 5) is 34.5. The van der Waals surface area contributed by atoms with Crippen molar-refractivity contribution >= 4 is 17.5 Å². The van der Waals surface area contributed by atoms with Gasteiger partial charge in [0.2, 0.25) is 0 Å². The number of carbonyl (C=O) groups is 3. The van der Waals surface area contributed by atoms with Crippen LogP contribution in [-0.4, -0.2) is 24.6 Å². The van der Waals surface area contributed by atoms with Crippen LogP contribution in [0.1, 0.15) is 22.5 Å². The lowest BCUT2D eigenvalue weighted by Crippen LogP contribution is -2.34. The van der Waals surface area contributed by atoms with Crippen LogP contribution in [0.2, 0.25) is 0 Å². The van der Waals surface area contributed by atoms with Gasteiger partial charge in [0.05, 0.1) is 24.9 Å². The minimum absolute atomic E-state index is 0.299. The summed E-state index contributed by atoms with van der Waals surface area (Å²) in [5.41, 5.74) is 0.397. The van der Waals surface area contributed by atoms with Crippen LogP contribution >= 0.6 is 0 Å². The van der Waals surface area contributed by atoms with Gasteiger partial charge in [-0.25, -0.2) is 4.79 Å². The molecule has 16 heavy (non-hydrogen) atoms. The molecule has 0 fully saturated rings. The Morgan fingerprint density at radius 1 is 1.50 bits per heavy atom. The fourth-order valence-electron chi connectivity index (χ4n) is 1.84. The zero-order valence-corrected chi connectivity index (χ0v) is 8.69. The van der Waals surface area contributed by atoms with E-state index in [1.165, 1.54) is 12.3 Å². The van der Waals surface area contributed by atoms with Crippen molar-refractivity contribution in [3.8, 4) is 0 Å². The Balaban J connectivity index is 2.25. The molecule has 5 nitrogen and oxygen atoms in total. The number of methoxy groups -OCH3 is 1. The van der Waals surface area contributed by atoms with Crippen LogP contribution in [0.15, 0.2) is 16.7 Å². The van der Waals surface area contributed by atoms with Gasteiger partial charge in [-0.05, 0) is 12.5 Å². The van der Waals surface area contributed by atoms with Gasteiger partial charge in [-0.3, -0.25) is 9.59 Å². The second kappa shape index (κ2) is 3.92. The topological polar surface area (TPSA) is 73.6 Å². The monoisotopic (exact) mass is 222 g/mol. The summed E-state index contributed by atoms with van der Waals surface area (Å²) in [7, 11) is 1.12. The van der Waals surface area contributed by atoms with E-state index in [4.69, 9.17) is 4.42 Å². The largest absolute Gasteiger partial charge is 0.469 e. The van der Waals surface area contributed by atoms with Crippen molar-refractivity contribution < 1.29 is 23.5 Å². The lowest BCUT2D eigenvalue weighted by Gasteiger charge is -2.17. The maximum atomic E-state index is 11.9. The molecule has 0 saturated heterocycles. The van der Waals surface area contributed by atoms with Crippen LogP contribution < -0.4 is 0 Å². The van der Waals surface area contributed by atoms with Gasteiger partial charge in [0.1, 0.15) is 5.76 Å². The molecule has 1 aliphatic carbocycles. The molecule has 0 radical (unpaired) electrons. The molecule has 0 spiro atoms. The molecule has 1 aromatic rings. The van der Waals surface area contributed by atoms with Gasteiger partial charge in [-0.1, -0.05) is 0 Å². The summed E-state index contributed by atoms with van der Waals surface area (Å²) in [6, 6.07) is 1.52. The fraction of sp³-hybridized carbons (Fsp3) is 0.364. The van der Waals surface area contributed by atoms with Crippen molar-refractivity contribution in [3.63, 3.8) is 0 Å². The predicted octanol–water partition coefficient (Wildman–Crippen LogP) is 0.767. The number of furan rings is 1. The number of hydrogen-bond acceptors (Lipinski definition) is 5. The number of Topliss-reactive ketones (excluding diaryl/α,β-unsaturated/α-hetero) is 2. The number of ether oxygens (including phenoxy) is 1. The van der Waals surface area contributed by atoms with Crippen LogP contribution in [0.5, 0.6) is 0 Å². The highest BCUT2D eigenvalue weighted by molar-refractivity contribution is 6.39. The maximum absolute atomic E-state index is 11.9. The molecule has 0 saturated carbocycles. The Labute approximate surface area is 91.4 Å². The van der Waals surface area contributed by atoms with Crippen LogP contribution in [0.25, 0.3) is 0 Å². The van der Waals surface area contributed by atoms with E-state index in [1.807, 2.05) is 0 Å². The summed E-state index contributed by atoms with van der Waals surface area (Å²) in [5, 5.41) is 0. The smallest absolute Gasteiger partial charge is 0.375 e. The normalized spacial score (nSPS) is 19.1. The molecule has 1 aromatic heterocycles. The first kappa shape index (κ1) is 10.6.